The van der Waals surface area contributed by atoms with Crippen molar-refractivity contribution in [2.24, 2.45) is 0 Å². The highest BCUT2D eigenvalue weighted by molar-refractivity contribution is 5.52. The molecule has 2 fully saturated rings. The first-order valence-electron chi connectivity index (χ1n) is 9.44. The standard InChI is InChI=1S/C19H27N5O2/c1-19(2,24-10-12-25-13-11-24)14-23-9-3-4-16(23)18-21-17(22-26-18)15-5-7-20-8-6-15/h5-8,16H,3-4,9-14H2,1-2H3/t16-/m0/s1. The Morgan fingerprint density at radius 2 is 1.92 bits per heavy atom. The second kappa shape index (κ2) is 7.42. The Labute approximate surface area is 154 Å². The van der Waals surface area contributed by atoms with E-state index in [9.17, 15) is 0 Å². The van der Waals surface area contributed by atoms with Gasteiger partial charge in [-0.2, -0.15) is 4.98 Å². The molecule has 2 saturated heterocycles. The lowest BCUT2D eigenvalue weighted by atomic mass is 10.0. The summed E-state index contributed by atoms with van der Waals surface area (Å²) in [5, 5.41) is 4.18. The Morgan fingerprint density at radius 3 is 2.69 bits per heavy atom. The number of ether oxygens (including phenoxy) is 1. The van der Waals surface area contributed by atoms with Gasteiger partial charge in [0.05, 0.1) is 19.3 Å². The van der Waals surface area contributed by atoms with Crippen LogP contribution in [0.2, 0.25) is 0 Å². The molecule has 0 unspecified atom stereocenters. The Bertz CT molecular complexity index is 712. The molecule has 2 aromatic rings. The normalized spacial score (nSPS) is 22.8. The molecule has 0 aromatic carbocycles. The molecule has 0 spiro atoms. The average Bonchev–Trinajstić information content (AvgIpc) is 3.32. The van der Waals surface area contributed by atoms with Gasteiger partial charge in [0, 0.05) is 43.1 Å². The Balaban J connectivity index is 1.47. The molecule has 26 heavy (non-hydrogen) atoms. The van der Waals surface area contributed by atoms with Crippen molar-refractivity contribution in [1.29, 1.82) is 0 Å². The topological polar surface area (TPSA) is 67.5 Å². The molecule has 0 aliphatic carbocycles. The lowest BCUT2D eigenvalue weighted by Crippen LogP contribution is -2.55. The van der Waals surface area contributed by atoms with Crippen molar-refractivity contribution in [3.63, 3.8) is 0 Å². The number of pyridine rings is 1. The van der Waals surface area contributed by atoms with E-state index in [4.69, 9.17) is 9.26 Å². The van der Waals surface area contributed by atoms with E-state index in [0.717, 1.165) is 63.7 Å². The molecule has 4 heterocycles. The van der Waals surface area contributed by atoms with E-state index in [2.05, 4.69) is 38.8 Å². The van der Waals surface area contributed by atoms with Crippen LogP contribution in [0.1, 0.15) is 38.6 Å². The average molecular weight is 357 g/mol. The van der Waals surface area contributed by atoms with Gasteiger partial charge in [-0.1, -0.05) is 5.16 Å². The molecule has 0 bridgehead atoms. The summed E-state index contributed by atoms with van der Waals surface area (Å²) in [5.74, 6) is 1.37. The summed E-state index contributed by atoms with van der Waals surface area (Å²) in [5.41, 5.74) is 1.04. The molecule has 7 heteroatoms. The molecule has 4 rings (SSSR count). The maximum Gasteiger partial charge on any atom is 0.244 e. The van der Waals surface area contributed by atoms with Crippen LogP contribution in [0.4, 0.5) is 0 Å². The van der Waals surface area contributed by atoms with E-state index in [1.165, 1.54) is 0 Å². The van der Waals surface area contributed by atoms with E-state index < -0.39 is 0 Å². The molecule has 2 aliphatic heterocycles. The van der Waals surface area contributed by atoms with Gasteiger partial charge in [0.1, 0.15) is 0 Å². The van der Waals surface area contributed by atoms with Gasteiger partial charge in [0.25, 0.3) is 0 Å². The highest BCUT2D eigenvalue weighted by Gasteiger charge is 2.37. The van der Waals surface area contributed by atoms with Crippen molar-refractivity contribution >= 4 is 0 Å². The zero-order chi connectivity index (χ0) is 18.0. The predicted octanol–water partition coefficient (Wildman–Crippen LogP) is 2.38. The van der Waals surface area contributed by atoms with Gasteiger partial charge in [-0.05, 0) is 45.4 Å². The number of rotatable bonds is 5. The minimum absolute atomic E-state index is 0.0975. The maximum atomic E-state index is 5.64. The fourth-order valence-corrected chi connectivity index (χ4v) is 4.05. The third-order valence-electron chi connectivity index (χ3n) is 5.49. The van der Waals surface area contributed by atoms with E-state index in [1.807, 2.05) is 12.1 Å². The van der Waals surface area contributed by atoms with Gasteiger partial charge in [0.2, 0.25) is 11.7 Å². The smallest absolute Gasteiger partial charge is 0.244 e. The lowest BCUT2D eigenvalue weighted by molar-refractivity contribution is -0.0241. The highest BCUT2D eigenvalue weighted by atomic mass is 16.5. The second-order valence-corrected chi connectivity index (χ2v) is 7.73. The van der Waals surface area contributed by atoms with E-state index in [-0.39, 0.29) is 11.6 Å². The molecule has 0 amide bonds. The first-order valence-corrected chi connectivity index (χ1v) is 9.44. The minimum atomic E-state index is 0.0975. The SMILES string of the molecule is CC(C)(CN1CCC[C@H]1c1nc(-c2ccncc2)no1)N1CCOCC1. The summed E-state index contributed by atoms with van der Waals surface area (Å²) in [4.78, 5) is 13.7. The minimum Gasteiger partial charge on any atom is -0.379 e. The number of aromatic nitrogens is 3. The van der Waals surface area contributed by atoms with Gasteiger partial charge >= 0.3 is 0 Å². The number of likely N-dealkylation sites (tertiary alicyclic amines) is 1. The van der Waals surface area contributed by atoms with Crippen LogP contribution in [-0.4, -0.2) is 69.9 Å². The van der Waals surface area contributed by atoms with Crippen LogP contribution in [-0.2, 0) is 4.74 Å². The van der Waals surface area contributed by atoms with Crippen molar-refractivity contribution in [1.82, 2.24) is 24.9 Å². The molecule has 1 atom stereocenters. The summed E-state index contributed by atoms with van der Waals surface area (Å²) < 4.78 is 11.1. The summed E-state index contributed by atoms with van der Waals surface area (Å²) in [6.07, 6.45) is 5.73. The van der Waals surface area contributed by atoms with E-state index in [0.29, 0.717) is 5.82 Å². The lowest BCUT2D eigenvalue weighted by Gasteiger charge is -2.43. The molecule has 0 N–H and O–H groups in total. The fraction of sp³-hybridized carbons (Fsp3) is 0.632. The predicted molar refractivity (Wildman–Crippen MR) is 97.5 cm³/mol. The summed E-state index contributed by atoms with van der Waals surface area (Å²) in [6, 6.07) is 4.02. The summed E-state index contributed by atoms with van der Waals surface area (Å²) in [7, 11) is 0. The third kappa shape index (κ3) is 3.65. The quantitative estimate of drug-likeness (QED) is 0.814. The van der Waals surface area contributed by atoms with Crippen molar-refractivity contribution in [2.75, 3.05) is 39.4 Å². The van der Waals surface area contributed by atoms with Crippen molar-refractivity contribution in [3.8, 4) is 11.4 Å². The largest absolute Gasteiger partial charge is 0.379 e. The van der Waals surface area contributed by atoms with E-state index >= 15 is 0 Å². The molecular weight excluding hydrogens is 330 g/mol. The Morgan fingerprint density at radius 1 is 1.15 bits per heavy atom. The molecule has 0 saturated carbocycles. The molecule has 140 valence electrons. The zero-order valence-corrected chi connectivity index (χ0v) is 15.6. The number of nitrogens with zero attached hydrogens (tertiary/aromatic N) is 5. The van der Waals surface area contributed by atoms with Crippen molar-refractivity contribution in [3.05, 3.63) is 30.4 Å². The Hall–Kier alpha value is -1.83. The van der Waals surface area contributed by atoms with Gasteiger partial charge in [-0.25, -0.2) is 0 Å². The first-order chi connectivity index (χ1) is 12.6. The first kappa shape index (κ1) is 17.6. The third-order valence-corrected chi connectivity index (χ3v) is 5.49. The molecular formula is C19H27N5O2. The van der Waals surface area contributed by atoms with Gasteiger partial charge in [-0.15, -0.1) is 0 Å². The zero-order valence-electron chi connectivity index (χ0n) is 15.6. The van der Waals surface area contributed by atoms with Gasteiger partial charge in [0.15, 0.2) is 0 Å². The van der Waals surface area contributed by atoms with Crippen LogP contribution < -0.4 is 0 Å². The highest BCUT2D eigenvalue weighted by Crippen LogP contribution is 2.34. The van der Waals surface area contributed by atoms with Crippen LogP contribution in [0.15, 0.2) is 29.0 Å². The molecule has 7 nitrogen and oxygen atoms in total. The summed E-state index contributed by atoms with van der Waals surface area (Å²) in [6.45, 7) is 10.4. The van der Waals surface area contributed by atoms with Crippen LogP contribution in [0.5, 0.6) is 0 Å². The van der Waals surface area contributed by atoms with E-state index in [1.54, 1.807) is 12.4 Å². The van der Waals surface area contributed by atoms with Crippen molar-refractivity contribution in [2.45, 2.75) is 38.3 Å². The van der Waals surface area contributed by atoms with Gasteiger partial charge < -0.3 is 9.26 Å². The second-order valence-electron chi connectivity index (χ2n) is 7.73. The monoisotopic (exact) mass is 357 g/mol. The number of morpholine rings is 1. The van der Waals surface area contributed by atoms with Crippen LogP contribution in [0.25, 0.3) is 11.4 Å². The molecule has 0 radical (unpaired) electrons. The number of hydrogen-bond acceptors (Lipinski definition) is 7. The molecule has 2 aliphatic rings. The van der Waals surface area contributed by atoms with Gasteiger partial charge in [-0.3, -0.25) is 14.8 Å². The van der Waals surface area contributed by atoms with Crippen LogP contribution in [0.3, 0.4) is 0 Å². The molecule has 2 aromatic heterocycles. The van der Waals surface area contributed by atoms with Crippen LogP contribution >= 0.6 is 0 Å². The maximum absolute atomic E-state index is 5.64. The fourth-order valence-electron chi connectivity index (χ4n) is 4.05. The summed E-state index contributed by atoms with van der Waals surface area (Å²) >= 11 is 0. The van der Waals surface area contributed by atoms with Crippen LogP contribution in [0, 0.1) is 0 Å². The van der Waals surface area contributed by atoms with Crippen molar-refractivity contribution < 1.29 is 9.26 Å². The Kier molecular flexibility index (Phi) is 5.02. The number of hydrogen-bond donors (Lipinski definition) is 0.